The van der Waals surface area contributed by atoms with Gasteiger partial charge < -0.3 is 11.1 Å². The quantitative estimate of drug-likeness (QED) is 0.755. The molecule has 0 aliphatic heterocycles. The highest BCUT2D eigenvalue weighted by atomic mass is 16.2. The number of benzene rings is 1. The Bertz CT molecular complexity index is 760. The maximum absolute atomic E-state index is 12.0. The van der Waals surface area contributed by atoms with E-state index in [0.29, 0.717) is 5.69 Å². The molecule has 3 rings (SSSR count). The Kier molecular flexibility index (Phi) is 3.04. The van der Waals surface area contributed by atoms with Gasteiger partial charge in [0.05, 0.1) is 11.9 Å². The van der Waals surface area contributed by atoms with Crippen LogP contribution in [0.3, 0.4) is 0 Å². The Morgan fingerprint density at radius 1 is 1.30 bits per heavy atom. The second-order valence-electron chi connectivity index (χ2n) is 4.42. The highest BCUT2D eigenvalue weighted by Gasteiger charge is 2.07. The van der Waals surface area contributed by atoms with Gasteiger partial charge in [0.2, 0.25) is 5.91 Å². The molecule has 1 aromatic carbocycles. The minimum absolute atomic E-state index is 0.124. The second-order valence-corrected chi connectivity index (χ2v) is 4.42. The van der Waals surface area contributed by atoms with E-state index in [1.165, 1.54) is 10.9 Å². The van der Waals surface area contributed by atoms with Crippen LogP contribution in [-0.2, 0) is 11.3 Å². The van der Waals surface area contributed by atoms with Crippen LogP contribution in [0.1, 0.15) is 0 Å². The fourth-order valence-electron chi connectivity index (χ4n) is 2.03. The number of aromatic nitrogens is 3. The molecular weight excluding hydrogens is 254 g/mol. The van der Waals surface area contributed by atoms with E-state index in [1.807, 2.05) is 24.3 Å². The summed E-state index contributed by atoms with van der Waals surface area (Å²) >= 11 is 0. The number of nitrogen functional groups attached to an aromatic ring is 1. The molecule has 6 nitrogen and oxygen atoms in total. The van der Waals surface area contributed by atoms with E-state index in [0.717, 1.165) is 16.5 Å². The number of anilines is 2. The summed E-state index contributed by atoms with van der Waals surface area (Å²) in [5.74, 6) is -0.155. The first-order chi connectivity index (χ1) is 9.72. The molecule has 0 bridgehead atoms. The summed E-state index contributed by atoms with van der Waals surface area (Å²) in [6.45, 7) is 0.124. The normalized spacial score (nSPS) is 10.6. The fourth-order valence-corrected chi connectivity index (χ4v) is 2.03. The SMILES string of the molecule is Nc1cnn(CC(=O)Nc2cccc3cnccc23)c1. The second kappa shape index (κ2) is 5.00. The van der Waals surface area contributed by atoms with Gasteiger partial charge in [-0.25, -0.2) is 0 Å². The van der Waals surface area contributed by atoms with Crippen molar-refractivity contribution in [3.05, 3.63) is 49.1 Å². The van der Waals surface area contributed by atoms with Crippen molar-refractivity contribution < 1.29 is 4.79 Å². The van der Waals surface area contributed by atoms with Crippen LogP contribution in [0.4, 0.5) is 11.4 Å². The van der Waals surface area contributed by atoms with Gasteiger partial charge in [-0.2, -0.15) is 5.10 Å². The van der Waals surface area contributed by atoms with E-state index in [4.69, 9.17) is 5.73 Å². The van der Waals surface area contributed by atoms with Crippen LogP contribution in [0, 0.1) is 0 Å². The Labute approximate surface area is 115 Å². The first-order valence-electron chi connectivity index (χ1n) is 6.13. The third kappa shape index (κ3) is 2.44. The molecule has 0 atom stereocenters. The number of fused-ring (bicyclic) bond motifs is 1. The molecular formula is C14H13N5O. The average molecular weight is 267 g/mol. The van der Waals surface area contributed by atoms with E-state index < -0.39 is 0 Å². The highest BCUT2D eigenvalue weighted by Crippen LogP contribution is 2.22. The summed E-state index contributed by atoms with van der Waals surface area (Å²) in [5.41, 5.74) is 6.85. The third-order valence-corrected chi connectivity index (χ3v) is 2.91. The number of pyridine rings is 1. The monoisotopic (exact) mass is 267 g/mol. The van der Waals surface area contributed by atoms with Crippen molar-refractivity contribution in [2.24, 2.45) is 0 Å². The maximum Gasteiger partial charge on any atom is 0.246 e. The molecule has 3 N–H and O–H groups in total. The van der Waals surface area contributed by atoms with E-state index in [-0.39, 0.29) is 12.5 Å². The predicted molar refractivity (Wildman–Crippen MR) is 77.0 cm³/mol. The molecule has 2 aromatic heterocycles. The molecule has 100 valence electrons. The van der Waals surface area contributed by atoms with Gasteiger partial charge in [0.25, 0.3) is 0 Å². The number of carbonyl (C=O) groups is 1. The Morgan fingerprint density at radius 3 is 3.00 bits per heavy atom. The lowest BCUT2D eigenvalue weighted by Crippen LogP contribution is -2.19. The molecule has 0 aliphatic rings. The molecule has 1 amide bonds. The smallest absolute Gasteiger partial charge is 0.246 e. The van der Waals surface area contributed by atoms with Crippen molar-refractivity contribution in [3.63, 3.8) is 0 Å². The molecule has 0 saturated heterocycles. The zero-order chi connectivity index (χ0) is 13.9. The summed E-state index contributed by atoms with van der Waals surface area (Å²) in [6, 6.07) is 7.56. The van der Waals surface area contributed by atoms with E-state index >= 15 is 0 Å². The molecule has 0 unspecified atom stereocenters. The van der Waals surface area contributed by atoms with Gasteiger partial charge in [-0.1, -0.05) is 12.1 Å². The summed E-state index contributed by atoms with van der Waals surface area (Å²) < 4.78 is 1.50. The first-order valence-corrected chi connectivity index (χ1v) is 6.13. The summed E-state index contributed by atoms with van der Waals surface area (Å²) in [4.78, 5) is 16.1. The number of rotatable bonds is 3. The van der Waals surface area contributed by atoms with Crippen molar-refractivity contribution in [2.75, 3.05) is 11.1 Å². The lowest BCUT2D eigenvalue weighted by atomic mass is 10.1. The third-order valence-electron chi connectivity index (χ3n) is 2.91. The maximum atomic E-state index is 12.0. The molecule has 0 radical (unpaired) electrons. The van der Waals surface area contributed by atoms with Gasteiger partial charge in [-0.05, 0) is 12.1 Å². The molecule has 0 fully saturated rings. The Balaban J connectivity index is 1.81. The molecule has 3 aromatic rings. The van der Waals surface area contributed by atoms with Crippen molar-refractivity contribution in [2.45, 2.75) is 6.54 Å². The highest BCUT2D eigenvalue weighted by molar-refractivity contribution is 6.01. The van der Waals surface area contributed by atoms with Crippen molar-refractivity contribution in [1.82, 2.24) is 14.8 Å². The van der Waals surface area contributed by atoms with Crippen LogP contribution in [0.15, 0.2) is 49.1 Å². The minimum atomic E-state index is -0.155. The average Bonchev–Trinajstić information content (AvgIpc) is 2.84. The van der Waals surface area contributed by atoms with E-state index in [1.54, 1.807) is 18.6 Å². The summed E-state index contributed by atoms with van der Waals surface area (Å²) in [6.07, 6.45) is 6.59. The number of nitrogens with zero attached hydrogens (tertiary/aromatic N) is 3. The van der Waals surface area contributed by atoms with Crippen molar-refractivity contribution in [3.8, 4) is 0 Å². The standard InChI is InChI=1S/C14H13N5O/c15-11-7-17-19(8-11)9-14(20)18-13-3-1-2-10-6-16-5-4-12(10)13/h1-8H,9,15H2,(H,18,20). The zero-order valence-corrected chi connectivity index (χ0v) is 10.7. The summed E-state index contributed by atoms with van der Waals surface area (Å²) in [7, 11) is 0. The Morgan fingerprint density at radius 2 is 2.20 bits per heavy atom. The largest absolute Gasteiger partial charge is 0.396 e. The lowest BCUT2D eigenvalue weighted by Gasteiger charge is -2.08. The number of hydrogen-bond donors (Lipinski definition) is 2. The molecule has 0 aliphatic carbocycles. The number of amides is 1. The lowest BCUT2D eigenvalue weighted by molar-refractivity contribution is -0.116. The van der Waals surface area contributed by atoms with Crippen LogP contribution in [0.2, 0.25) is 0 Å². The number of nitrogens with one attached hydrogen (secondary N) is 1. The van der Waals surface area contributed by atoms with Crippen LogP contribution in [0.25, 0.3) is 10.8 Å². The van der Waals surface area contributed by atoms with Gasteiger partial charge >= 0.3 is 0 Å². The van der Waals surface area contributed by atoms with E-state index in [2.05, 4.69) is 15.4 Å². The van der Waals surface area contributed by atoms with Gasteiger partial charge in [-0.3, -0.25) is 14.5 Å². The number of carbonyl (C=O) groups excluding carboxylic acids is 1. The first kappa shape index (κ1) is 12.2. The number of nitrogens with two attached hydrogens (primary N) is 1. The molecule has 20 heavy (non-hydrogen) atoms. The fraction of sp³-hybridized carbons (Fsp3) is 0.0714. The van der Waals surface area contributed by atoms with Crippen molar-refractivity contribution in [1.29, 1.82) is 0 Å². The zero-order valence-electron chi connectivity index (χ0n) is 10.7. The molecule has 2 heterocycles. The van der Waals surface area contributed by atoms with Crippen LogP contribution >= 0.6 is 0 Å². The number of hydrogen-bond acceptors (Lipinski definition) is 4. The minimum Gasteiger partial charge on any atom is -0.396 e. The van der Waals surface area contributed by atoms with Crippen LogP contribution in [-0.4, -0.2) is 20.7 Å². The predicted octanol–water partition coefficient (Wildman–Crippen LogP) is 1.65. The molecule has 0 spiro atoms. The Hall–Kier alpha value is -2.89. The van der Waals surface area contributed by atoms with Crippen molar-refractivity contribution >= 4 is 28.1 Å². The van der Waals surface area contributed by atoms with E-state index in [9.17, 15) is 4.79 Å². The van der Waals surface area contributed by atoms with Crippen LogP contribution in [0.5, 0.6) is 0 Å². The van der Waals surface area contributed by atoms with Gasteiger partial charge in [0.1, 0.15) is 6.54 Å². The van der Waals surface area contributed by atoms with Gasteiger partial charge in [0, 0.05) is 35.1 Å². The molecule has 0 saturated carbocycles. The van der Waals surface area contributed by atoms with Gasteiger partial charge in [0.15, 0.2) is 0 Å². The van der Waals surface area contributed by atoms with Crippen LogP contribution < -0.4 is 11.1 Å². The molecule has 6 heteroatoms. The van der Waals surface area contributed by atoms with Gasteiger partial charge in [-0.15, -0.1) is 0 Å². The summed E-state index contributed by atoms with van der Waals surface area (Å²) in [5, 5.41) is 8.79. The topological polar surface area (TPSA) is 85.8 Å².